The minimum absolute atomic E-state index is 0.476. The van der Waals surface area contributed by atoms with Gasteiger partial charge in [0.25, 0.3) is 0 Å². The number of rotatable bonds is 0. The van der Waals surface area contributed by atoms with Crippen LogP contribution in [0.15, 0.2) is 0 Å². The molecule has 1 aliphatic heterocycles. The number of hydrogen-bond donors (Lipinski definition) is 0. The topological polar surface area (TPSA) is 3.24 Å². The van der Waals surface area contributed by atoms with Crippen LogP contribution in [0.25, 0.3) is 0 Å². The number of likely N-dealkylation sites (tertiary alicyclic amines) is 1. The Morgan fingerprint density at radius 2 is 2.09 bits per heavy atom. The van der Waals surface area contributed by atoms with E-state index in [0.717, 1.165) is 23.8 Å². The third-order valence-electron chi connectivity index (χ3n) is 4.03. The van der Waals surface area contributed by atoms with E-state index in [9.17, 15) is 0 Å². The van der Waals surface area contributed by atoms with Crippen LogP contribution >= 0.6 is 11.6 Å². The summed E-state index contributed by atoms with van der Waals surface area (Å²) in [5.41, 5.74) is 0. The molecule has 0 unspecified atom stereocenters. The Bertz CT molecular complexity index is 188. The molecule has 0 radical (unpaired) electrons. The van der Waals surface area contributed by atoms with Gasteiger partial charge in [-0.05, 0) is 37.6 Å². The van der Waals surface area contributed by atoms with Crippen LogP contribution in [0, 0.1) is 17.8 Å². The molecule has 2 saturated carbocycles. The zero-order valence-corrected chi connectivity index (χ0v) is 7.59. The van der Waals surface area contributed by atoms with Crippen molar-refractivity contribution >= 4 is 11.6 Å². The van der Waals surface area contributed by atoms with E-state index in [1.807, 2.05) is 0 Å². The van der Waals surface area contributed by atoms with E-state index in [2.05, 4.69) is 11.9 Å². The maximum atomic E-state index is 6.35. The second-order valence-corrected chi connectivity index (χ2v) is 5.03. The molecule has 1 saturated heterocycles. The molecule has 0 amide bonds. The van der Waals surface area contributed by atoms with E-state index < -0.39 is 0 Å². The lowest BCUT2D eigenvalue weighted by molar-refractivity contribution is 0.288. The van der Waals surface area contributed by atoms with Crippen LogP contribution in [-0.2, 0) is 0 Å². The van der Waals surface area contributed by atoms with Gasteiger partial charge in [-0.1, -0.05) is 0 Å². The molecule has 0 aromatic heterocycles. The molecule has 3 aliphatic rings. The molecular weight excluding hydrogens is 158 g/mol. The van der Waals surface area contributed by atoms with Gasteiger partial charge in [0, 0.05) is 12.6 Å². The van der Waals surface area contributed by atoms with Gasteiger partial charge in [-0.15, -0.1) is 11.6 Å². The van der Waals surface area contributed by atoms with Crippen molar-refractivity contribution in [3.8, 4) is 0 Å². The summed E-state index contributed by atoms with van der Waals surface area (Å²) >= 11 is 6.35. The summed E-state index contributed by atoms with van der Waals surface area (Å²) in [5.74, 6) is 2.83. The highest BCUT2D eigenvalue weighted by Crippen LogP contribution is 2.56. The Hall–Kier alpha value is 0.250. The minimum atomic E-state index is 0.476. The summed E-state index contributed by atoms with van der Waals surface area (Å²) in [4.78, 5) is 2.49. The molecule has 1 nitrogen and oxygen atoms in total. The van der Waals surface area contributed by atoms with Crippen LogP contribution in [0.3, 0.4) is 0 Å². The van der Waals surface area contributed by atoms with Gasteiger partial charge in [-0.3, -0.25) is 0 Å². The smallest absolute Gasteiger partial charge is 0.0522 e. The van der Waals surface area contributed by atoms with Gasteiger partial charge in [0.1, 0.15) is 0 Å². The fourth-order valence-electron chi connectivity index (χ4n) is 3.67. The van der Waals surface area contributed by atoms with Gasteiger partial charge in [0.15, 0.2) is 0 Å². The normalized spacial score (nSPS) is 61.1. The van der Waals surface area contributed by atoms with Crippen LogP contribution in [0.5, 0.6) is 0 Å². The quantitative estimate of drug-likeness (QED) is 0.500. The lowest BCUT2D eigenvalue weighted by Gasteiger charge is -2.25. The number of fused-ring (bicyclic) bond motifs is 1. The van der Waals surface area contributed by atoms with Crippen molar-refractivity contribution in [3.05, 3.63) is 0 Å². The number of hydrogen-bond acceptors (Lipinski definition) is 1. The molecule has 0 aromatic carbocycles. The van der Waals surface area contributed by atoms with Crippen LogP contribution in [-0.4, -0.2) is 29.9 Å². The summed E-state index contributed by atoms with van der Waals surface area (Å²) in [6, 6.07) is 0.736. The molecule has 2 heteroatoms. The maximum Gasteiger partial charge on any atom is 0.0522 e. The van der Waals surface area contributed by atoms with Gasteiger partial charge < -0.3 is 4.90 Å². The van der Waals surface area contributed by atoms with Gasteiger partial charge in [-0.25, -0.2) is 0 Å². The fraction of sp³-hybridized carbons (Fsp3) is 1.00. The van der Waals surface area contributed by atoms with E-state index in [1.165, 1.54) is 19.4 Å². The van der Waals surface area contributed by atoms with Gasteiger partial charge in [-0.2, -0.15) is 0 Å². The Labute approximate surface area is 72.7 Å². The fourth-order valence-corrected chi connectivity index (χ4v) is 4.25. The monoisotopic (exact) mass is 171 g/mol. The molecule has 5 atom stereocenters. The Morgan fingerprint density at radius 1 is 1.27 bits per heavy atom. The molecule has 1 heterocycles. The maximum absolute atomic E-state index is 6.35. The SMILES string of the molecule is CN1C[C@H]2C[C@@H]3C[C@H]2[C@H]1[C@H]3Cl. The molecule has 3 fully saturated rings. The summed E-state index contributed by atoms with van der Waals surface area (Å²) in [6.07, 6.45) is 2.84. The van der Waals surface area contributed by atoms with Crippen molar-refractivity contribution in [3.63, 3.8) is 0 Å². The predicted octanol–water partition coefficient (Wildman–Crippen LogP) is 1.56. The van der Waals surface area contributed by atoms with Gasteiger partial charge in [0.2, 0.25) is 0 Å². The molecule has 2 bridgehead atoms. The van der Waals surface area contributed by atoms with E-state index in [-0.39, 0.29) is 0 Å². The average Bonchev–Trinajstić information content (AvgIpc) is 2.47. The zero-order valence-electron chi connectivity index (χ0n) is 6.83. The largest absolute Gasteiger partial charge is 0.301 e. The molecule has 0 aromatic rings. The molecule has 3 rings (SSSR count). The minimum Gasteiger partial charge on any atom is -0.301 e. The first kappa shape index (κ1) is 6.73. The number of alkyl halides is 1. The van der Waals surface area contributed by atoms with Crippen molar-refractivity contribution in [1.82, 2.24) is 4.90 Å². The van der Waals surface area contributed by atoms with Crippen molar-refractivity contribution in [2.24, 2.45) is 17.8 Å². The molecule has 11 heavy (non-hydrogen) atoms. The average molecular weight is 172 g/mol. The number of halogens is 1. The summed E-state index contributed by atoms with van der Waals surface area (Å²) in [6.45, 7) is 1.31. The molecule has 0 N–H and O–H groups in total. The Kier molecular flexibility index (Phi) is 1.19. The van der Waals surface area contributed by atoms with Crippen LogP contribution in [0.1, 0.15) is 12.8 Å². The first-order valence-corrected chi connectivity index (χ1v) is 5.05. The molecule has 62 valence electrons. The van der Waals surface area contributed by atoms with Crippen molar-refractivity contribution in [2.75, 3.05) is 13.6 Å². The second kappa shape index (κ2) is 1.94. The standard InChI is InChI=1S/C9H14ClN/c1-11-4-6-2-5-3-7(6)9(11)8(5)10/h5-9H,2-4H2,1H3/t5-,6-,7-,8+,9+/m1/s1. The van der Waals surface area contributed by atoms with Crippen LogP contribution < -0.4 is 0 Å². The molecule has 2 aliphatic carbocycles. The summed E-state index contributed by atoms with van der Waals surface area (Å²) in [5, 5.41) is 0.476. The highest BCUT2D eigenvalue weighted by atomic mass is 35.5. The van der Waals surface area contributed by atoms with Crippen molar-refractivity contribution < 1.29 is 0 Å². The second-order valence-electron chi connectivity index (χ2n) is 4.53. The van der Waals surface area contributed by atoms with E-state index in [1.54, 1.807) is 0 Å². The highest BCUT2D eigenvalue weighted by Gasteiger charge is 2.57. The number of nitrogens with zero attached hydrogens (tertiary/aromatic N) is 1. The summed E-state index contributed by atoms with van der Waals surface area (Å²) in [7, 11) is 2.24. The molecule has 0 spiro atoms. The Balaban J connectivity index is 1.99. The third kappa shape index (κ3) is 0.671. The van der Waals surface area contributed by atoms with E-state index >= 15 is 0 Å². The third-order valence-corrected chi connectivity index (χ3v) is 4.65. The van der Waals surface area contributed by atoms with Gasteiger partial charge in [0.05, 0.1) is 5.38 Å². The predicted molar refractivity (Wildman–Crippen MR) is 45.8 cm³/mol. The first-order valence-electron chi connectivity index (χ1n) is 4.61. The lowest BCUT2D eigenvalue weighted by atomic mass is 9.90. The molecular formula is C9H14ClN. The summed E-state index contributed by atoms with van der Waals surface area (Å²) < 4.78 is 0. The lowest BCUT2D eigenvalue weighted by Crippen LogP contribution is -2.35. The van der Waals surface area contributed by atoms with E-state index in [4.69, 9.17) is 11.6 Å². The zero-order chi connectivity index (χ0) is 7.59. The highest BCUT2D eigenvalue weighted by molar-refractivity contribution is 6.21. The van der Waals surface area contributed by atoms with Crippen molar-refractivity contribution in [1.29, 1.82) is 0 Å². The Morgan fingerprint density at radius 3 is 2.73 bits per heavy atom. The first-order chi connectivity index (χ1) is 5.27. The van der Waals surface area contributed by atoms with Crippen molar-refractivity contribution in [2.45, 2.75) is 24.3 Å². The van der Waals surface area contributed by atoms with E-state index in [0.29, 0.717) is 5.38 Å². The van der Waals surface area contributed by atoms with Gasteiger partial charge >= 0.3 is 0 Å². The van der Waals surface area contributed by atoms with Crippen LogP contribution in [0.2, 0.25) is 0 Å². The van der Waals surface area contributed by atoms with Crippen LogP contribution in [0.4, 0.5) is 0 Å².